The monoisotopic (exact) mass is 879 g/mol. The van der Waals surface area contributed by atoms with Crippen molar-refractivity contribution in [1.29, 1.82) is 0 Å². The molecule has 0 aliphatic rings. The van der Waals surface area contributed by atoms with Gasteiger partial charge in [0.25, 0.3) is 0 Å². The maximum Gasteiger partial charge on any atom is 0.242 e. The molecule has 0 spiro atoms. The van der Waals surface area contributed by atoms with E-state index in [1.165, 1.54) is 20.8 Å². The van der Waals surface area contributed by atoms with Gasteiger partial charge in [-0.1, -0.05) is 44.2 Å². The molecular weight excluding hydrogens is 814 g/mol. The largest absolute Gasteiger partial charge is 0.395 e. The molecule has 1 aromatic carbocycles. The number of amides is 7. The molecule has 23 heteroatoms. The third kappa shape index (κ3) is 19.5. The second-order valence-corrected chi connectivity index (χ2v) is 15.1. The highest BCUT2D eigenvalue weighted by Gasteiger charge is 2.41. The second-order valence-electron chi connectivity index (χ2n) is 15.1. The number of unbranched alkanes of at least 4 members (excludes halogenated alkanes) is 1. The van der Waals surface area contributed by atoms with E-state index in [0.717, 1.165) is 17.4 Å². The maximum atomic E-state index is 13.5. The fraction of sp³-hybridized carbons (Fsp3) is 0.615. The van der Waals surface area contributed by atoms with Gasteiger partial charge in [0.2, 0.25) is 52.9 Å². The Morgan fingerprint density at radius 3 is 1.84 bits per heavy atom. The van der Waals surface area contributed by atoms with Crippen LogP contribution in [0.3, 0.4) is 0 Å². The van der Waals surface area contributed by atoms with Crippen molar-refractivity contribution in [3.05, 3.63) is 35.9 Å². The average Bonchev–Trinajstić information content (AvgIpc) is 3.22. The zero-order valence-electron chi connectivity index (χ0n) is 35.6. The number of ketones is 2. The quantitative estimate of drug-likeness (QED) is 0.0188. The molecule has 23 nitrogen and oxygen atoms in total. The predicted molar refractivity (Wildman–Crippen MR) is 223 cm³/mol. The van der Waals surface area contributed by atoms with Crippen molar-refractivity contribution in [1.82, 2.24) is 37.0 Å². The molecule has 348 valence electrons. The summed E-state index contributed by atoms with van der Waals surface area (Å²) in [6.45, 7) is 4.00. The van der Waals surface area contributed by atoms with Crippen LogP contribution in [0.2, 0.25) is 0 Å². The van der Waals surface area contributed by atoms with Gasteiger partial charge in [0.05, 0.1) is 31.8 Å². The molecule has 0 bridgehead atoms. The van der Waals surface area contributed by atoms with Crippen molar-refractivity contribution >= 4 is 52.9 Å². The van der Waals surface area contributed by atoms with E-state index in [1.807, 2.05) is 30.3 Å². The van der Waals surface area contributed by atoms with Crippen LogP contribution in [-0.4, -0.2) is 154 Å². The zero-order valence-corrected chi connectivity index (χ0v) is 35.6. The Kier molecular flexibility index (Phi) is 24.9. The van der Waals surface area contributed by atoms with E-state index in [0.29, 0.717) is 12.8 Å². The van der Waals surface area contributed by atoms with Crippen LogP contribution in [0, 0.1) is 5.92 Å². The van der Waals surface area contributed by atoms with Crippen molar-refractivity contribution in [2.75, 3.05) is 32.8 Å². The molecule has 0 radical (unpaired) electrons. The summed E-state index contributed by atoms with van der Waals surface area (Å²) in [5.74, 6) is -8.74. The van der Waals surface area contributed by atoms with Gasteiger partial charge in [-0.15, -0.1) is 0 Å². The highest BCUT2D eigenvalue weighted by Crippen LogP contribution is 2.15. The van der Waals surface area contributed by atoms with E-state index in [4.69, 9.17) is 22.9 Å². The summed E-state index contributed by atoms with van der Waals surface area (Å²) >= 11 is 0. The molecule has 1 aromatic rings. The van der Waals surface area contributed by atoms with Crippen LogP contribution >= 0.6 is 0 Å². The lowest BCUT2D eigenvalue weighted by Crippen LogP contribution is -2.62. The Hall–Kier alpha value is -5.43. The van der Waals surface area contributed by atoms with E-state index in [9.17, 15) is 58.5 Å². The Morgan fingerprint density at radius 1 is 0.726 bits per heavy atom. The van der Waals surface area contributed by atoms with Gasteiger partial charge in [-0.25, -0.2) is 10.9 Å². The van der Waals surface area contributed by atoms with Gasteiger partial charge in [0, 0.05) is 44.4 Å². The molecule has 62 heavy (non-hydrogen) atoms. The molecule has 0 saturated carbocycles. The third-order valence-corrected chi connectivity index (χ3v) is 9.31. The predicted octanol–water partition coefficient (Wildman–Crippen LogP) is -5.79. The first-order valence-electron chi connectivity index (χ1n) is 20.2. The SMILES string of the molecule is CC(C)C(=O)N(CC(N)CO)C(CC(N)=O)C(=O)C(=O)[C@@H](NC(=O)[C@H](CO)NNC(CCC(=O)NCCCCNC(=O)C(Cc1ccccc1)NC(=O)C(C)N)C(N)=O)[C@@H](C)O. The summed E-state index contributed by atoms with van der Waals surface area (Å²) in [5, 5.41) is 40.1. The number of aliphatic hydroxyl groups is 3. The molecule has 8 atom stereocenters. The summed E-state index contributed by atoms with van der Waals surface area (Å²) in [5.41, 5.74) is 27.9. The number of nitrogens with two attached hydrogens (primary N) is 4. The minimum Gasteiger partial charge on any atom is -0.395 e. The van der Waals surface area contributed by atoms with Crippen molar-refractivity contribution in [3.63, 3.8) is 0 Å². The molecular formula is C39H65N11O12. The van der Waals surface area contributed by atoms with Crippen molar-refractivity contribution in [3.8, 4) is 0 Å². The average molecular weight is 880 g/mol. The molecule has 0 saturated heterocycles. The lowest BCUT2D eigenvalue weighted by molar-refractivity contribution is -0.149. The number of carbonyl (C=O) groups is 9. The molecule has 1 rings (SSSR count). The van der Waals surface area contributed by atoms with E-state index < -0.39 is 133 Å². The topological polar surface area (TPSA) is 394 Å². The second kappa shape index (κ2) is 28.2. The van der Waals surface area contributed by atoms with E-state index in [-0.39, 0.29) is 32.4 Å². The van der Waals surface area contributed by atoms with Gasteiger partial charge in [0.15, 0.2) is 0 Å². The fourth-order valence-electron chi connectivity index (χ4n) is 5.74. The zero-order chi connectivity index (χ0) is 47.1. The molecule has 0 aliphatic carbocycles. The van der Waals surface area contributed by atoms with Gasteiger partial charge in [0.1, 0.15) is 30.2 Å². The Labute approximate surface area is 360 Å². The van der Waals surface area contributed by atoms with Gasteiger partial charge in [-0.2, -0.15) is 0 Å². The number of nitrogens with zero attached hydrogens (tertiary/aromatic N) is 1. The number of primary amides is 2. The lowest BCUT2D eigenvalue weighted by Gasteiger charge is -2.34. The fourth-order valence-corrected chi connectivity index (χ4v) is 5.74. The number of rotatable bonds is 31. The van der Waals surface area contributed by atoms with Gasteiger partial charge >= 0.3 is 0 Å². The Balaban J connectivity index is 2.78. The minimum absolute atomic E-state index is 0.171. The lowest BCUT2D eigenvalue weighted by atomic mass is 9.94. The van der Waals surface area contributed by atoms with Gasteiger partial charge in [-0.3, -0.25) is 43.2 Å². The molecule has 17 N–H and O–H groups in total. The first kappa shape index (κ1) is 54.6. The highest BCUT2D eigenvalue weighted by molar-refractivity contribution is 6.42. The van der Waals surface area contributed by atoms with Crippen LogP contribution in [0.25, 0.3) is 0 Å². The van der Waals surface area contributed by atoms with E-state index in [1.54, 1.807) is 0 Å². The standard InChI is InChI=1S/C39H65N11O12/c1-21(2)39(62)50(18-25(41)19-51)29(17-30(42)54)33(56)34(57)32(23(4)53)47-38(61)28(20-52)49-48-26(35(43)58)12-13-31(55)44-14-8-9-15-45-37(60)27(46-36(59)22(3)40)16-24-10-6-5-7-11-24/h5-7,10-11,21-23,25-29,32,48-49,51-53H,8-9,12-20,40-41H2,1-4H3,(H2,42,54)(H2,43,58)(H,44,55)(H,45,60)(H,46,59)(H,47,61)/t22?,23-,25?,26?,27?,28+,29?,32+/m1/s1. The number of hydrogen-bond donors (Lipinski definition) is 13. The summed E-state index contributed by atoms with van der Waals surface area (Å²) in [6.07, 6.45) is -1.73. The van der Waals surface area contributed by atoms with Crippen LogP contribution in [0.4, 0.5) is 0 Å². The number of carbonyl (C=O) groups excluding carboxylic acids is 9. The highest BCUT2D eigenvalue weighted by atomic mass is 16.3. The first-order valence-corrected chi connectivity index (χ1v) is 20.2. The maximum absolute atomic E-state index is 13.5. The van der Waals surface area contributed by atoms with Crippen molar-refractivity contribution in [2.24, 2.45) is 28.9 Å². The van der Waals surface area contributed by atoms with Crippen LogP contribution in [0.1, 0.15) is 65.4 Å². The van der Waals surface area contributed by atoms with Crippen LogP contribution in [0.5, 0.6) is 0 Å². The number of benzene rings is 1. The third-order valence-electron chi connectivity index (χ3n) is 9.31. The Bertz CT molecular complexity index is 1660. The van der Waals surface area contributed by atoms with E-state index >= 15 is 0 Å². The Morgan fingerprint density at radius 2 is 1.32 bits per heavy atom. The van der Waals surface area contributed by atoms with E-state index in [2.05, 4.69) is 32.1 Å². The summed E-state index contributed by atoms with van der Waals surface area (Å²) in [4.78, 5) is 116. The van der Waals surface area contributed by atoms with Crippen molar-refractivity contribution < 1.29 is 58.5 Å². The smallest absolute Gasteiger partial charge is 0.242 e. The number of hydrazine groups is 1. The van der Waals surface area contributed by atoms with Crippen molar-refractivity contribution in [2.45, 2.75) is 115 Å². The van der Waals surface area contributed by atoms with Crippen LogP contribution < -0.4 is 55.1 Å². The first-order chi connectivity index (χ1) is 29.1. The van der Waals surface area contributed by atoms with Gasteiger partial charge < -0.3 is 64.4 Å². The molecule has 0 heterocycles. The normalized spacial score (nSPS) is 15.1. The molecule has 7 amide bonds. The van der Waals surface area contributed by atoms with Crippen LogP contribution in [0.15, 0.2) is 30.3 Å². The van der Waals surface area contributed by atoms with Crippen LogP contribution in [-0.2, 0) is 49.6 Å². The summed E-state index contributed by atoms with van der Waals surface area (Å²) < 4.78 is 0. The molecule has 0 aliphatic heterocycles. The molecule has 5 unspecified atom stereocenters. The number of aliphatic hydroxyl groups excluding tert-OH is 3. The summed E-state index contributed by atoms with van der Waals surface area (Å²) in [6, 6.07) is -0.231. The molecule has 0 fully saturated rings. The number of nitrogens with one attached hydrogen (secondary N) is 6. The number of Topliss-reactive ketones (excluding diaryl/α,β-unsaturated/α-hetero) is 2. The van der Waals surface area contributed by atoms with Gasteiger partial charge in [-0.05, 0) is 38.7 Å². The molecule has 0 aromatic heterocycles. The minimum atomic E-state index is -1.96. The summed E-state index contributed by atoms with van der Waals surface area (Å²) in [7, 11) is 0. The number of hydrogen-bond acceptors (Lipinski definition) is 16.